The van der Waals surface area contributed by atoms with Gasteiger partial charge in [-0.05, 0) is 116 Å². The summed E-state index contributed by atoms with van der Waals surface area (Å²) in [7, 11) is 0. The van der Waals surface area contributed by atoms with Gasteiger partial charge in [-0.2, -0.15) is 0 Å². The van der Waals surface area contributed by atoms with E-state index in [4.69, 9.17) is 0 Å². The molecule has 0 unspecified atom stereocenters. The fraction of sp³-hybridized carbons (Fsp3) is 0.0400. The SMILES string of the molecule is Cc1cc(-c2ccccc2)ccc1N(c1ccc(-c2ccccc2)cc1)c1ccc2c(c1)C1(c3ccccc3-c3ccccc31)c1ccccc1-2. The molecule has 0 heterocycles. The zero-order chi connectivity index (χ0) is 33.9. The number of anilines is 3. The van der Waals surface area contributed by atoms with Crippen LogP contribution in [0.5, 0.6) is 0 Å². The van der Waals surface area contributed by atoms with Crippen LogP contribution in [-0.2, 0) is 5.41 Å². The molecule has 0 fully saturated rings. The topological polar surface area (TPSA) is 3.24 Å². The van der Waals surface area contributed by atoms with Crippen LogP contribution in [0, 0.1) is 6.92 Å². The summed E-state index contributed by atoms with van der Waals surface area (Å²) in [5, 5.41) is 0. The lowest BCUT2D eigenvalue weighted by atomic mass is 9.70. The zero-order valence-corrected chi connectivity index (χ0v) is 28.4. The third kappa shape index (κ3) is 4.41. The van der Waals surface area contributed by atoms with E-state index in [0.717, 1.165) is 11.4 Å². The maximum absolute atomic E-state index is 2.48. The lowest BCUT2D eigenvalue weighted by Gasteiger charge is -2.32. The smallest absolute Gasteiger partial charge is 0.0726 e. The molecule has 1 heteroatoms. The molecule has 0 bridgehead atoms. The third-order valence-corrected chi connectivity index (χ3v) is 11.0. The number of benzene rings is 8. The maximum Gasteiger partial charge on any atom is 0.0726 e. The first-order valence-corrected chi connectivity index (χ1v) is 17.8. The van der Waals surface area contributed by atoms with Gasteiger partial charge in [-0.15, -0.1) is 0 Å². The Bertz CT molecular complexity index is 2520. The van der Waals surface area contributed by atoms with E-state index in [1.807, 2.05) is 0 Å². The highest BCUT2D eigenvalue weighted by Gasteiger charge is 2.51. The molecule has 10 rings (SSSR count). The normalized spacial score (nSPS) is 13.0. The minimum Gasteiger partial charge on any atom is -0.310 e. The molecule has 0 atom stereocenters. The van der Waals surface area contributed by atoms with Crippen LogP contribution in [0.25, 0.3) is 44.5 Å². The van der Waals surface area contributed by atoms with Gasteiger partial charge < -0.3 is 4.90 Å². The molecule has 0 aliphatic heterocycles. The predicted octanol–water partition coefficient (Wildman–Crippen LogP) is 13.1. The number of fused-ring (bicyclic) bond motifs is 10. The molecule has 8 aromatic rings. The number of hydrogen-bond donors (Lipinski definition) is 0. The number of rotatable bonds is 5. The summed E-state index contributed by atoms with van der Waals surface area (Å²) < 4.78 is 0. The minimum atomic E-state index is -0.399. The summed E-state index contributed by atoms with van der Waals surface area (Å²) in [4.78, 5) is 2.45. The van der Waals surface area contributed by atoms with Crippen LogP contribution in [0.15, 0.2) is 194 Å². The van der Waals surface area contributed by atoms with E-state index in [1.54, 1.807) is 0 Å². The van der Waals surface area contributed by atoms with Gasteiger partial charge in [0.15, 0.2) is 0 Å². The highest BCUT2D eigenvalue weighted by Crippen LogP contribution is 2.63. The van der Waals surface area contributed by atoms with Crippen LogP contribution < -0.4 is 4.90 Å². The highest BCUT2D eigenvalue weighted by atomic mass is 15.1. The second-order valence-electron chi connectivity index (χ2n) is 13.7. The van der Waals surface area contributed by atoms with Crippen molar-refractivity contribution in [3.05, 3.63) is 222 Å². The molecule has 51 heavy (non-hydrogen) atoms. The molecule has 0 aromatic heterocycles. The molecule has 0 radical (unpaired) electrons. The van der Waals surface area contributed by atoms with Gasteiger partial charge in [-0.1, -0.05) is 158 Å². The van der Waals surface area contributed by atoms with Crippen LogP contribution in [0.2, 0.25) is 0 Å². The lowest BCUT2D eigenvalue weighted by molar-refractivity contribution is 0.793. The second kappa shape index (κ2) is 11.6. The van der Waals surface area contributed by atoms with Crippen molar-refractivity contribution in [1.29, 1.82) is 0 Å². The molecule has 1 nitrogen and oxygen atoms in total. The quantitative estimate of drug-likeness (QED) is 0.179. The highest BCUT2D eigenvalue weighted by molar-refractivity contribution is 5.96. The van der Waals surface area contributed by atoms with Crippen LogP contribution in [0.3, 0.4) is 0 Å². The first kappa shape index (κ1) is 29.5. The summed E-state index contributed by atoms with van der Waals surface area (Å²) in [5.41, 5.74) is 19.8. The van der Waals surface area contributed by atoms with Crippen LogP contribution in [-0.4, -0.2) is 0 Å². The van der Waals surface area contributed by atoms with Crippen molar-refractivity contribution in [2.24, 2.45) is 0 Å². The predicted molar refractivity (Wildman–Crippen MR) is 213 cm³/mol. The van der Waals surface area contributed by atoms with Gasteiger partial charge in [0.05, 0.1) is 5.41 Å². The summed E-state index contributed by atoms with van der Waals surface area (Å²) in [6.45, 7) is 2.24. The molecule has 0 N–H and O–H groups in total. The van der Waals surface area contributed by atoms with Crippen molar-refractivity contribution in [1.82, 2.24) is 0 Å². The molecule has 0 saturated carbocycles. The first-order chi connectivity index (χ1) is 25.2. The summed E-state index contributed by atoms with van der Waals surface area (Å²) in [6.07, 6.45) is 0. The Morgan fingerprint density at radius 3 is 1.31 bits per heavy atom. The number of aryl methyl sites for hydroxylation is 1. The summed E-state index contributed by atoms with van der Waals surface area (Å²) in [5.74, 6) is 0. The number of hydrogen-bond acceptors (Lipinski definition) is 1. The Morgan fingerprint density at radius 2 is 0.765 bits per heavy atom. The molecule has 1 spiro atoms. The molecule has 0 amide bonds. The molecular weight excluding hydrogens is 615 g/mol. The van der Waals surface area contributed by atoms with Gasteiger partial charge in [0, 0.05) is 17.1 Å². The van der Waals surface area contributed by atoms with Crippen molar-refractivity contribution < 1.29 is 0 Å². The van der Waals surface area contributed by atoms with Crippen molar-refractivity contribution in [2.45, 2.75) is 12.3 Å². The van der Waals surface area contributed by atoms with Crippen molar-refractivity contribution in [3.8, 4) is 44.5 Å². The van der Waals surface area contributed by atoms with Gasteiger partial charge in [0.25, 0.3) is 0 Å². The van der Waals surface area contributed by atoms with Gasteiger partial charge in [0.2, 0.25) is 0 Å². The molecule has 240 valence electrons. The molecular formula is C50H35N. The Balaban J connectivity index is 1.20. The summed E-state index contributed by atoms with van der Waals surface area (Å²) in [6, 6.07) is 71.4. The van der Waals surface area contributed by atoms with Crippen LogP contribution in [0.1, 0.15) is 27.8 Å². The Hall–Kier alpha value is -6.44. The van der Waals surface area contributed by atoms with E-state index in [-0.39, 0.29) is 0 Å². The Kier molecular flexibility index (Phi) is 6.69. The van der Waals surface area contributed by atoms with Gasteiger partial charge >= 0.3 is 0 Å². The van der Waals surface area contributed by atoms with E-state index in [9.17, 15) is 0 Å². The van der Waals surface area contributed by atoms with Crippen LogP contribution >= 0.6 is 0 Å². The zero-order valence-electron chi connectivity index (χ0n) is 28.4. The van der Waals surface area contributed by atoms with Gasteiger partial charge in [-0.25, -0.2) is 0 Å². The number of nitrogens with zero attached hydrogens (tertiary/aromatic N) is 1. The fourth-order valence-corrected chi connectivity index (χ4v) is 8.80. The Labute approximate surface area is 299 Å². The second-order valence-corrected chi connectivity index (χ2v) is 13.7. The van der Waals surface area contributed by atoms with E-state index < -0.39 is 5.41 Å². The molecule has 0 saturated heterocycles. The molecule has 8 aromatic carbocycles. The molecule has 2 aliphatic carbocycles. The first-order valence-electron chi connectivity index (χ1n) is 17.8. The lowest BCUT2D eigenvalue weighted by Crippen LogP contribution is -2.26. The monoisotopic (exact) mass is 649 g/mol. The maximum atomic E-state index is 2.48. The van der Waals surface area contributed by atoms with Gasteiger partial charge in [-0.3, -0.25) is 0 Å². The van der Waals surface area contributed by atoms with E-state index in [1.165, 1.54) is 78.0 Å². The average molecular weight is 650 g/mol. The average Bonchev–Trinajstić information content (AvgIpc) is 3.67. The minimum absolute atomic E-state index is 0.399. The van der Waals surface area contributed by atoms with Crippen LogP contribution in [0.4, 0.5) is 17.1 Å². The van der Waals surface area contributed by atoms with E-state index >= 15 is 0 Å². The fourth-order valence-electron chi connectivity index (χ4n) is 8.80. The van der Waals surface area contributed by atoms with Crippen molar-refractivity contribution in [2.75, 3.05) is 4.90 Å². The summed E-state index contributed by atoms with van der Waals surface area (Å²) >= 11 is 0. The Morgan fingerprint density at radius 1 is 0.333 bits per heavy atom. The van der Waals surface area contributed by atoms with E-state index in [2.05, 4.69) is 206 Å². The van der Waals surface area contributed by atoms with Gasteiger partial charge in [0.1, 0.15) is 0 Å². The molecule has 2 aliphatic rings. The van der Waals surface area contributed by atoms with Crippen molar-refractivity contribution >= 4 is 17.1 Å². The largest absolute Gasteiger partial charge is 0.310 e. The third-order valence-electron chi connectivity index (χ3n) is 11.0. The van der Waals surface area contributed by atoms with E-state index in [0.29, 0.717) is 0 Å². The standard InChI is InChI=1S/C50H35N/c1-34-32-38(36-16-6-3-7-17-36)26-31-49(34)51(39-27-24-37(25-28-39)35-14-4-2-5-15-35)40-29-30-44-43-20-10-13-23-47(43)50(48(44)33-40)45-21-11-8-18-41(45)42-19-9-12-22-46(42)50/h2-33H,1H3. The van der Waals surface area contributed by atoms with Crippen molar-refractivity contribution in [3.63, 3.8) is 0 Å².